The van der Waals surface area contributed by atoms with Gasteiger partial charge in [0.15, 0.2) is 0 Å². The summed E-state index contributed by atoms with van der Waals surface area (Å²) in [5, 5.41) is 18.5. The molecule has 0 bridgehead atoms. The molecule has 18 heavy (non-hydrogen) atoms. The highest BCUT2D eigenvalue weighted by molar-refractivity contribution is 7.07. The predicted molar refractivity (Wildman–Crippen MR) is 74.6 cm³/mol. The van der Waals surface area contributed by atoms with Gasteiger partial charge in [-0.3, -0.25) is 10.1 Å². The van der Waals surface area contributed by atoms with Crippen LogP contribution in [-0.4, -0.2) is 11.5 Å². The van der Waals surface area contributed by atoms with E-state index in [0.717, 1.165) is 6.42 Å². The molecule has 2 aromatic rings. The zero-order chi connectivity index (χ0) is 13.0. The van der Waals surface area contributed by atoms with E-state index in [4.69, 9.17) is 11.6 Å². The van der Waals surface area contributed by atoms with E-state index in [1.807, 2.05) is 11.4 Å². The Kier molecular flexibility index (Phi) is 4.17. The Hall–Kier alpha value is -1.59. The number of halogens is 1. The van der Waals surface area contributed by atoms with Crippen molar-refractivity contribution in [3.05, 3.63) is 55.7 Å². The van der Waals surface area contributed by atoms with Crippen LogP contribution in [0, 0.1) is 10.1 Å². The van der Waals surface area contributed by atoms with Crippen LogP contribution in [0.2, 0.25) is 5.02 Å². The summed E-state index contributed by atoms with van der Waals surface area (Å²) in [6.07, 6.45) is 0.827. The molecule has 0 radical (unpaired) electrons. The Morgan fingerprint density at radius 2 is 2.22 bits per heavy atom. The monoisotopic (exact) mass is 282 g/mol. The molecule has 0 atom stereocenters. The van der Waals surface area contributed by atoms with Gasteiger partial charge in [-0.2, -0.15) is 11.3 Å². The van der Waals surface area contributed by atoms with Crippen molar-refractivity contribution >= 4 is 34.3 Å². The molecule has 94 valence electrons. The number of nitro benzene ring substituents is 1. The van der Waals surface area contributed by atoms with E-state index in [1.54, 1.807) is 17.4 Å². The van der Waals surface area contributed by atoms with Crippen molar-refractivity contribution in [3.8, 4) is 0 Å². The lowest BCUT2D eigenvalue weighted by atomic mass is 10.2. The van der Waals surface area contributed by atoms with E-state index in [1.165, 1.54) is 17.7 Å². The molecule has 1 aromatic heterocycles. The molecule has 1 heterocycles. The van der Waals surface area contributed by atoms with Crippen molar-refractivity contribution < 1.29 is 4.92 Å². The van der Waals surface area contributed by atoms with E-state index in [2.05, 4.69) is 10.7 Å². The van der Waals surface area contributed by atoms with Gasteiger partial charge >= 0.3 is 0 Å². The number of benzene rings is 1. The van der Waals surface area contributed by atoms with Crippen LogP contribution in [0.5, 0.6) is 0 Å². The summed E-state index contributed by atoms with van der Waals surface area (Å²) in [7, 11) is 0. The van der Waals surface area contributed by atoms with Gasteiger partial charge in [0.05, 0.1) is 4.92 Å². The van der Waals surface area contributed by atoms with Crippen molar-refractivity contribution in [2.75, 3.05) is 11.9 Å². The lowest BCUT2D eigenvalue weighted by molar-refractivity contribution is -0.384. The van der Waals surface area contributed by atoms with Gasteiger partial charge in [-0.1, -0.05) is 11.6 Å². The maximum Gasteiger partial charge on any atom is 0.292 e. The molecular formula is C12H11ClN2O2S. The topological polar surface area (TPSA) is 55.2 Å². The molecule has 0 fully saturated rings. The third-order valence-electron chi connectivity index (χ3n) is 2.46. The zero-order valence-corrected chi connectivity index (χ0v) is 11.0. The van der Waals surface area contributed by atoms with Crippen molar-refractivity contribution in [3.63, 3.8) is 0 Å². The Labute approximate surface area is 113 Å². The minimum absolute atomic E-state index is 0.0460. The zero-order valence-electron chi connectivity index (χ0n) is 9.43. The fourth-order valence-corrected chi connectivity index (χ4v) is 2.46. The minimum atomic E-state index is -0.413. The second-order valence-corrected chi connectivity index (χ2v) is 4.94. The lowest BCUT2D eigenvalue weighted by Crippen LogP contribution is -2.06. The fourth-order valence-electron chi connectivity index (χ4n) is 1.59. The van der Waals surface area contributed by atoms with Gasteiger partial charge in [0.2, 0.25) is 0 Å². The number of thiophene rings is 1. The van der Waals surface area contributed by atoms with Gasteiger partial charge in [0.25, 0.3) is 5.69 Å². The van der Waals surface area contributed by atoms with E-state index in [-0.39, 0.29) is 5.69 Å². The van der Waals surface area contributed by atoms with Crippen LogP contribution in [0.1, 0.15) is 5.56 Å². The maximum absolute atomic E-state index is 10.8. The summed E-state index contributed by atoms with van der Waals surface area (Å²) in [6, 6.07) is 6.55. The van der Waals surface area contributed by atoms with E-state index < -0.39 is 4.92 Å². The number of nitrogens with one attached hydrogen (secondary N) is 1. The van der Waals surface area contributed by atoms with Gasteiger partial charge in [-0.05, 0) is 40.9 Å². The quantitative estimate of drug-likeness (QED) is 0.667. The van der Waals surface area contributed by atoms with Crippen LogP contribution < -0.4 is 5.32 Å². The molecule has 1 N–H and O–H groups in total. The van der Waals surface area contributed by atoms with Crippen LogP contribution in [-0.2, 0) is 6.42 Å². The number of anilines is 1. The fraction of sp³-hybridized carbons (Fsp3) is 0.167. The summed E-state index contributed by atoms with van der Waals surface area (Å²) in [5.41, 5.74) is 1.73. The van der Waals surface area contributed by atoms with Crippen LogP contribution in [0.3, 0.4) is 0 Å². The van der Waals surface area contributed by atoms with Gasteiger partial charge in [-0.25, -0.2) is 0 Å². The van der Waals surface area contributed by atoms with Crippen molar-refractivity contribution in [1.82, 2.24) is 0 Å². The van der Waals surface area contributed by atoms with Gasteiger partial charge in [0.1, 0.15) is 5.69 Å². The number of hydrogen-bond donors (Lipinski definition) is 1. The Morgan fingerprint density at radius 1 is 1.39 bits per heavy atom. The largest absolute Gasteiger partial charge is 0.379 e. The first-order valence-electron chi connectivity index (χ1n) is 5.35. The normalized spacial score (nSPS) is 10.3. The number of hydrogen-bond acceptors (Lipinski definition) is 4. The average molecular weight is 283 g/mol. The molecule has 0 aliphatic carbocycles. The molecule has 0 aliphatic heterocycles. The number of rotatable bonds is 5. The number of nitrogens with zero attached hydrogens (tertiary/aromatic N) is 1. The SMILES string of the molecule is O=[N+]([O-])c1ccc(Cl)cc1NCCc1ccsc1. The van der Waals surface area contributed by atoms with Crippen LogP contribution >= 0.6 is 22.9 Å². The summed E-state index contributed by atoms with van der Waals surface area (Å²) >= 11 is 7.48. The third kappa shape index (κ3) is 3.21. The maximum atomic E-state index is 10.8. The van der Waals surface area contributed by atoms with Crippen LogP contribution in [0.15, 0.2) is 35.0 Å². The summed E-state index contributed by atoms with van der Waals surface area (Å²) < 4.78 is 0. The first kappa shape index (κ1) is 12.9. The highest BCUT2D eigenvalue weighted by atomic mass is 35.5. The Bertz CT molecular complexity index is 543. The third-order valence-corrected chi connectivity index (χ3v) is 3.43. The first-order valence-corrected chi connectivity index (χ1v) is 6.68. The molecule has 0 saturated carbocycles. The summed E-state index contributed by atoms with van der Waals surface area (Å²) in [4.78, 5) is 10.4. The molecule has 0 aliphatic rings. The molecule has 0 amide bonds. The second kappa shape index (κ2) is 5.84. The Morgan fingerprint density at radius 3 is 2.89 bits per heavy atom. The van der Waals surface area contributed by atoms with Crippen molar-refractivity contribution in [2.45, 2.75) is 6.42 Å². The molecule has 6 heteroatoms. The lowest BCUT2D eigenvalue weighted by Gasteiger charge is -2.06. The molecule has 0 saturated heterocycles. The van der Waals surface area contributed by atoms with E-state index >= 15 is 0 Å². The first-order chi connectivity index (χ1) is 8.66. The van der Waals surface area contributed by atoms with Gasteiger partial charge < -0.3 is 5.32 Å². The van der Waals surface area contributed by atoms with Crippen molar-refractivity contribution in [1.29, 1.82) is 0 Å². The highest BCUT2D eigenvalue weighted by Crippen LogP contribution is 2.27. The number of nitro groups is 1. The molecule has 0 unspecified atom stereocenters. The highest BCUT2D eigenvalue weighted by Gasteiger charge is 2.13. The predicted octanol–water partition coefficient (Wildman–Crippen LogP) is 3.96. The van der Waals surface area contributed by atoms with E-state index in [9.17, 15) is 10.1 Å². The summed E-state index contributed by atoms with van der Waals surface area (Å²) in [6.45, 7) is 0.637. The molecule has 0 spiro atoms. The van der Waals surface area contributed by atoms with Crippen molar-refractivity contribution in [2.24, 2.45) is 0 Å². The van der Waals surface area contributed by atoms with Crippen LogP contribution in [0.4, 0.5) is 11.4 Å². The van der Waals surface area contributed by atoms with Gasteiger partial charge in [0, 0.05) is 17.6 Å². The Balaban J connectivity index is 2.03. The molecule has 1 aromatic carbocycles. The second-order valence-electron chi connectivity index (χ2n) is 3.73. The minimum Gasteiger partial charge on any atom is -0.379 e. The standard InChI is InChI=1S/C12H11ClN2O2S/c13-10-1-2-12(15(16)17)11(7-10)14-5-3-9-4-6-18-8-9/h1-2,4,6-8,14H,3,5H2. The molecular weight excluding hydrogens is 272 g/mol. The van der Waals surface area contributed by atoms with Gasteiger partial charge in [-0.15, -0.1) is 0 Å². The smallest absolute Gasteiger partial charge is 0.292 e. The average Bonchev–Trinajstić information content (AvgIpc) is 2.82. The van der Waals surface area contributed by atoms with Crippen LogP contribution in [0.25, 0.3) is 0 Å². The molecule has 2 rings (SSSR count). The molecule has 4 nitrogen and oxygen atoms in total. The summed E-state index contributed by atoms with van der Waals surface area (Å²) in [5.74, 6) is 0. The van der Waals surface area contributed by atoms with E-state index in [0.29, 0.717) is 17.3 Å².